The van der Waals surface area contributed by atoms with Gasteiger partial charge in [-0.3, -0.25) is 4.79 Å². The molecular weight excluding hydrogens is 302 g/mol. The SMILES string of the molecule is CCCCn1ccnc1[C@H]1CCCN(C(=O)c2cncnc2C)C1. The van der Waals surface area contributed by atoms with E-state index in [1.54, 1.807) is 6.20 Å². The normalized spacial score (nSPS) is 17.9. The number of rotatable bonds is 5. The van der Waals surface area contributed by atoms with Crippen molar-refractivity contribution in [2.75, 3.05) is 13.1 Å². The molecule has 0 aliphatic carbocycles. The van der Waals surface area contributed by atoms with Gasteiger partial charge in [-0.2, -0.15) is 0 Å². The third-order valence-electron chi connectivity index (χ3n) is 4.72. The number of aromatic nitrogens is 4. The Balaban J connectivity index is 1.74. The molecule has 128 valence electrons. The zero-order valence-electron chi connectivity index (χ0n) is 14.5. The van der Waals surface area contributed by atoms with Crippen molar-refractivity contribution in [2.45, 2.75) is 52.0 Å². The smallest absolute Gasteiger partial charge is 0.257 e. The first kappa shape index (κ1) is 16.6. The maximum absolute atomic E-state index is 12.8. The Labute approximate surface area is 142 Å². The fourth-order valence-electron chi connectivity index (χ4n) is 3.34. The summed E-state index contributed by atoms with van der Waals surface area (Å²) in [5.74, 6) is 1.45. The molecule has 1 fully saturated rings. The predicted molar refractivity (Wildman–Crippen MR) is 91.8 cm³/mol. The number of amides is 1. The average molecular weight is 327 g/mol. The molecule has 0 spiro atoms. The minimum absolute atomic E-state index is 0.0319. The average Bonchev–Trinajstić information content (AvgIpc) is 3.08. The van der Waals surface area contributed by atoms with Crippen molar-refractivity contribution in [3.8, 4) is 0 Å². The highest BCUT2D eigenvalue weighted by Crippen LogP contribution is 2.27. The highest BCUT2D eigenvalue weighted by atomic mass is 16.2. The van der Waals surface area contributed by atoms with Crippen LogP contribution in [-0.4, -0.2) is 43.4 Å². The Hall–Kier alpha value is -2.24. The summed E-state index contributed by atoms with van der Waals surface area (Å²) in [6, 6.07) is 0. The van der Waals surface area contributed by atoms with E-state index >= 15 is 0 Å². The van der Waals surface area contributed by atoms with E-state index in [0.29, 0.717) is 11.5 Å². The van der Waals surface area contributed by atoms with Crippen LogP contribution in [0.5, 0.6) is 0 Å². The second kappa shape index (κ2) is 7.55. The molecule has 2 aromatic heterocycles. The largest absolute Gasteiger partial charge is 0.338 e. The molecule has 6 heteroatoms. The minimum Gasteiger partial charge on any atom is -0.338 e. The Morgan fingerprint density at radius 3 is 3.04 bits per heavy atom. The van der Waals surface area contributed by atoms with Crippen molar-refractivity contribution in [3.05, 3.63) is 42.0 Å². The molecule has 3 rings (SSSR count). The molecule has 0 unspecified atom stereocenters. The first-order chi connectivity index (χ1) is 11.7. The summed E-state index contributed by atoms with van der Waals surface area (Å²) in [5, 5.41) is 0. The second-order valence-electron chi connectivity index (χ2n) is 6.44. The highest BCUT2D eigenvalue weighted by molar-refractivity contribution is 5.95. The number of likely N-dealkylation sites (tertiary alicyclic amines) is 1. The monoisotopic (exact) mass is 327 g/mol. The van der Waals surface area contributed by atoms with Gasteiger partial charge in [0.2, 0.25) is 0 Å². The summed E-state index contributed by atoms with van der Waals surface area (Å²) in [4.78, 5) is 27.5. The third kappa shape index (κ3) is 3.47. The van der Waals surface area contributed by atoms with Crippen molar-refractivity contribution in [3.63, 3.8) is 0 Å². The van der Waals surface area contributed by atoms with E-state index in [1.807, 2.05) is 18.0 Å². The summed E-state index contributed by atoms with van der Waals surface area (Å²) in [6.07, 6.45) is 11.4. The van der Waals surface area contributed by atoms with E-state index in [1.165, 1.54) is 12.7 Å². The van der Waals surface area contributed by atoms with E-state index in [9.17, 15) is 4.79 Å². The molecule has 0 N–H and O–H groups in total. The lowest BCUT2D eigenvalue weighted by molar-refractivity contribution is 0.0701. The number of carbonyl (C=O) groups excluding carboxylic acids is 1. The van der Waals surface area contributed by atoms with Crippen LogP contribution in [0.3, 0.4) is 0 Å². The molecule has 1 saturated heterocycles. The number of carbonyl (C=O) groups is 1. The fraction of sp³-hybridized carbons (Fsp3) is 0.556. The van der Waals surface area contributed by atoms with Crippen LogP contribution in [0.4, 0.5) is 0 Å². The molecule has 2 aromatic rings. The molecule has 3 heterocycles. The molecule has 1 atom stereocenters. The van der Waals surface area contributed by atoms with Crippen molar-refractivity contribution in [1.82, 2.24) is 24.4 Å². The van der Waals surface area contributed by atoms with Crippen LogP contribution in [0.25, 0.3) is 0 Å². The van der Waals surface area contributed by atoms with Gasteiger partial charge in [-0.1, -0.05) is 13.3 Å². The van der Waals surface area contributed by atoms with E-state index in [2.05, 4.69) is 32.6 Å². The molecule has 6 nitrogen and oxygen atoms in total. The van der Waals surface area contributed by atoms with Gasteiger partial charge >= 0.3 is 0 Å². The van der Waals surface area contributed by atoms with Crippen molar-refractivity contribution in [1.29, 1.82) is 0 Å². The van der Waals surface area contributed by atoms with E-state index in [-0.39, 0.29) is 5.91 Å². The number of piperidine rings is 1. The van der Waals surface area contributed by atoms with Gasteiger partial charge < -0.3 is 9.47 Å². The van der Waals surface area contributed by atoms with E-state index in [0.717, 1.165) is 50.4 Å². The zero-order chi connectivity index (χ0) is 16.9. The Morgan fingerprint density at radius 2 is 2.25 bits per heavy atom. The molecule has 24 heavy (non-hydrogen) atoms. The Morgan fingerprint density at radius 1 is 1.38 bits per heavy atom. The number of imidazole rings is 1. The van der Waals surface area contributed by atoms with Gasteiger partial charge in [0, 0.05) is 44.1 Å². The first-order valence-electron chi connectivity index (χ1n) is 8.77. The molecule has 0 radical (unpaired) electrons. The van der Waals surface area contributed by atoms with Crippen LogP contribution in [0.1, 0.15) is 60.4 Å². The summed E-state index contributed by atoms with van der Waals surface area (Å²) >= 11 is 0. The number of unbranched alkanes of at least 4 members (excludes halogenated alkanes) is 1. The van der Waals surface area contributed by atoms with Gasteiger partial charge in [0.15, 0.2) is 0 Å². The standard InChI is InChI=1S/C18H25N5O/c1-3-4-8-22-10-7-20-17(22)15-6-5-9-23(12-15)18(24)16-11-19-13-21-14(16)2/h7,10-11,13,15H,3-6,8-9,12H2,1-2H3/t15-/m0/s1. The Kier molecular flexibility index (Phi) is 5.23. The predicted octanol–water partition coefficient (Wildman–Crippen LogP) is 2.80. The molecule has 0 aromatic carbocycles. The van der Waals surface area contributed by atoms with Gasteiger partial charge in [0.25, 0.3) is 5.91 Å². The first-order valence-corrected chi connectivity index (χ1v) is 8.77. The van der Waals surface area contributed by atoms with Crippen LogP contribution in [0.15, 0.2) is 24.9 Å². The van der Waals surface area contributed by atoms with Gasteiger partial charge in [-0.05, 0) is 26.2 Å². The summed E-state index contributed by atoms with van der Waals surface area (Å²) in [5.41, 5.74) is 1.34. The number of aryl methyl sites for hydroxylation is 2. The summed E-state index contributed by atoms with van der Waals surface area (Å²) in [7, 11) is 0. The van der Waals surface area contributed by atoms with Crippen LogP contribution >= 0.6 is 0 Å². The number of hydrogen-bond donors (Lipinski definition) is 0. The fourth-order valence-corrected chi connectivity index (χ4v) is 3.34. The Bertz CT molecular complexity index is 696. The minimum atomic E-state index is 0.0319. The molecule has 1 aliphatic rings. The maximum Gasteiger partial charge on any atom is 0.257 e. The van der Waals surface area contributed by atoms with Gasteiger partial charge in [-0.25, -0.2) is 15.0 Å². The number of hydrogen-bond acceptors (Lipinski definition) is 4. The molecule has 0 saturated carbocycles. The van der Waals surface area contributed by atoms with E-state index in [4.69, 9.17) is 0 Å². The molecule has 0 bridgehead atoms. The topological polar surface area (TPSA) is 63.9 Å². The van der Waals surface area contributed by atoms with Crippen molar-refractivity contribution in [2.24, 2.45) is 0 Å². The van der Waals surface area contributed by atoms with Crippen LogP contribution in [0.2, 0.25) is 0 Å². The van der Waals surface area contributed by atoms with Crippen LogP contribution in [0, 0.1) is 6.92 Å². The lowest BCUT2D eigenvalue weighted by atomic mass is 9.96. The van der Waals surface area contributed by atoms with Crippen LogP contribution < -0.4 is 0 Å². The molecule has 1 aliphatic heterocycles. The van der Waals surface area contributed by atoms with Gasteiger partial charge in [0.1, 0.15) is 12.2 Å². The maximum atomic E-state index is 12.8. The molecule has 1 amide bonds. The number of nitrogens with zero attached hydrogens (tertiary/aromatic N) is 5. The lowest BCUT2D eigenvalue weighted by Gasteiger charge is -2.33. The highest BCUT2D eigenvalue weighted by Gasteiger charge is 2.28. The summed E-state index contributed by atoms with van der Waals surface area (Å²) in [6.45, 7) is 6.56. The zero-order valence-corrected chi connectivity index (χ0v) is 14.5. The molecular formula is C18H25N5O. The quantitative estimate of drug-likeness (QED) is 0.847. The van der Waals surface area contributed by atoms with Crippen molar-refractivity contribution >= 4 is 5.91 Å². The van der Waals surface area contributed by atoms with Gasteiger partial charge in [0.05, 0.1) is 11.3 Å². The van der Waals surface area contributed by atoms with Crippen LogP contribution in [-0.2, 0) is 6.54 Å². The third-order valence-corrected chi connectivity index (χ3v) is 4.72. The second-order valence-corrected chi connectivity index (χ2v) is 6.44. The van der Waals surface area contributed by atoms with Crippen molar-refractivity contribution < 1.29 is 4.79 Å². The summed E-state index contributed by atoms with van der Waals surface area (Å²) < 4.78 is 2.25. The van der Waals surface area contributed by atoms with E-state index < -0.39 is 0 Å². The van der Waals surface area contributed by atoms with Gasteiger partial charge in [-0.15, -0.1) is 0 Å². The lowest BCUT2D eigenvalue weighted by Crippen LogP contribution is -2.40.